The Labute approximate surface area is 204 Å². The molecule has 2 heterocycles. The highest BCUT2D eigenvalue weighted by atomic mass is 19.4. The predicted molar refractivity (Wildman–Crippen MR) is 127 cm³/mol. The molecule has 0 amide bonds. The SMILES string of the molecule is CCOc1cccc(-c2ncc(CCOc3ccc(OCC(F)(F)F)cc3)c3[nH]c(C(=O)O)cc23)c1. The number of alkyl halides is 3. The van der Waals surface area contributed by atoms with Crippen LogP contribution in [0.1, 0.15) is 23.0 Å². The number of carboxylic acids is 1. The molecule has 7 nitrogen and oxygen atoms in total. The molecule has 0 bridgehead atoms. The predicted octanol–water partition coefficient (Wildman–Crippen LogP) is 5.89. The van der Waals surface area contributed by atoms with E-state index in [0.717, 1.165) is 11.1 Å². The number of pyridine rings is 1. The number of aromatic carboxylic acids is 1. The van der Waals surface area contributed by atoms with Crippen LogP contribution in [0.5, 0.6) is 17.2 Å². The van der Waals surface area contributed by atoms with E-state index in [1.165, 1.54) is 24.3 Å². The highest BCUT2D eigenvalue weighted by Crippen LogP contribution is 2.32. The fraction of sp³-hybridized carbons (Fsp3) is 0.231. The second-order valence-electron chi connectivity index (χ2n) is 7.84. The van der Waals surface area contributed by atoms with Crippen molar-refractivity contribution in [1.82, 2.24) is 9.97 Å². The molecule has 0 spiro atoms. The molecule has 36 heavy (non-hydrogen) atoms. The zero-order valence-corrected chi connectivity index (χ0v) is 19.3. The second kappa shape index (κ2) is 10.6. The van der Waals surface area contributed by atoms with Crippen molar-refractivity contribution in [2.45, 2.75) is 19.5 Å². The van der Waals surface area contributed by atoms with E-state index in [1.807, 2.05) is 31.2 Å². The molecule has 10 heteroatoms. The maximum Gasteiger partial charge on any atom is 0.422 e. The number of ether oxygens (including phenoxy) is 3. The number of halogens is 3. The molecule has 4 aromatic rings. The van der Waals surface area contributed by atoms with E-state index in [2.05, 4.69) is 14.7 Å². The van der Waals surface area contributed by atoms with Gasteiger partial charge in [-0.25, -0.2) is 4.79 Å². The topological polar surface area (TPSA) is 93.7 Å². The Morgan fingerprint density at radius 3 is 2.39 bits per heavy atom. The smallest absolute Gasteiger partial charge is 0.422 e. The van der Waals surface area contributed by atoms with Crippen LogP contribution >= 0.6 is 0 Å². The van der Waals surface area contributed by atoms with Gasteiger partial charge in [-0.3, -0.25) is 4.98 Å². The number of fused-ring (bicyclic) bond motifs is 1. The Hall–Kier alpha value is -4.21. The number of nitrogens with zero attached hydrogens (tertiary/aromatic N) is 1. The molecule has 2 aromatic heterocycles. The monoisotopic (exact) mass is 500 g/mol. The number of aromatic nitrogens is 2. The molecule has 0 atom stereocenters. The van der Waals surface area contributed by atoms with Gasteiger partial charge in [-0.2, -0.15) is 13.2 Å². The third-order valence-electron chi connectivity index (χ3n) is 5.26. The molecule has 0 fully saturated rings. The summed E-state index contributed by atoms with van der Waals surface area (Å²) in [7, 11) is 0. The van der Waals surface area contributed by atoms with Crippen molar-refractivity contribution in [2.24, 2.45) is 0 Å². The first-order valence-electron chi connectivity index (χ1n) is 11.1. The number of hydrogen-bond acceptors (Lipinski definition) is 5. The Balaban J connectivity index is 1.51. The Bertz CT molecular complexity index is 1350. The van der Waals surface area contributed by atoms with Crippen molar-refractivity contribution in [1.29, 1.82) is 0 Å². The van der Waals surface area contributed by atoms with Crippen LogP contribution in [0.4, 0.5) is 13.2 Å². The molecule has 0 aliphatic heterocycles. The van der Waals surface area contributed by atoms with Crippen molar-refractivity contribution in [3.63, 3.8) is 0 Å². The normalized spacial score (nSPS) is 11.4. The summed E-state index contributed by atoms with van der Waals surface area (Å²) in [4.78, 5) is 19.2. The zero-order valence-electron chi connectivity index (χ0n) is 19.3. The summed E-state index contributed by atoms with van der Waals surface area (Å²) in [6, 6.07) is 14.8. The van der Waals surface area contributed by atoms with Crippen LogP contribution in [0.2, 0.25) is 0 Å². The summed E-state index contributed by atoms with van der Waals surface area (Å²) >= 11 is 0. The molecule has 0 aliphatic carbocycles. The van der Waals surface area contributed by atoms with Crippen molar-refractivity contribution >= 4 is 16.9 Å². The lowest BCUT2D eigenvalue weighted by molar-refractivity contribution is -0.153. The molecule has 2 aromatic carbocycles. The van der Waals surface area contributed by atoms with Gasteiger partial charge < -0.3 is 24.3 Å². The van der Waals surface area contributed by atoms with E-state index in [0.29, 0.717) is 41.1 Å². The van der Waals surface area contributed by atoms with E-state index in [9.17, 15) is 23.1 Å². The summed E-state index contributed by atoms with van der Waals surface area (Å²) in [6.07, 6.45) is -2.33. The number of carboxylic acid groups (broad SMARTS) is 1. The van der Waals surface area contributed by atoms with Gasteiger partial charge in [0.1, 0.15) is 22.9 Å². The van der Waals surface area contributed by atoms with E-state index in [-0.39, 0.29) is 18.1 Å². The molecule has 2 N–H and O–H groups in total. The lowest BCUT2D eigenvalue weighted by Gasteiger charge is -2.11. The summed E-state index contributed by atoms with van der Waals surface area (Å²) in [5, 5.41) is 10.2. The van der Waals surface area contributed by atoms with Crippen LogP contribution in [-0.4, -0.2) is 47.0 Å². The minimum absolute atomic E-state index is 0.0387. The van der Waals surface area contributed by atoms with Crippen LogP contribution in [-0.2, 0) is 6.42 Å². The molecular weight excluding hydrogens is 477 g/mol. The Morgan fingerprint density at radius 1 is 1.00 bits per heavy atom. The summed E-state index contributed by atoms with van der Waals surface area (Å²) in [5.74, 6) is 0.143. The standard InChI is InChI=1S/C26H23F3N2O5/c1-2-34-20-5-3-4-16(12-20)23-21-13-22(25(32)33)31-24(21)17(14-30-23)10-11-35-18-6-8-19(9-7-18)36-15-26(27,28)29/h3-9,12-14,31H,2,10-11,15H2,1H3,(H,32,33). The van der Waals surface area contributed by atoms with Crippen LogP contribution < -0.4 is 14.2 Å². The van der Waals surface area contributed by atoms with Crippen LogP contribution in [0.15, 0.2) is 60.8 Å². The summed E-state index contributed by atoms with van der Waals surface area (Å²) < 4.78 is 52.8. The average molecular weight is 500 g/mol. The van der Waals surface area contributed by atoms with E-state index in [1.54, 1.807) is 12.3 Å². The fourth-order valence-corrected chi connectivity index (χ4v) is 3.68. The van der Waals surface area contributed by atoms with E-state index in [4.69, 9.17) is 9.47 Å². The van der Waals surface area contributed by atoms with Crippen molar-refractivity contribution in [2.75, 3.05) is 19.8 Å². The van der Waals surface area contributed by atoms with Gasteiger partial charge in [-0.1, -0.05) is 12.1 Å². The molecular formula is C26H23F3N2O5. The van der Waals surface area contributed by atoms with E-state index < -0.39 is 18.8 Å². The van der Waals surface area contributed by atoms with Gasteiger partial charge in [0.25, 0.3) is 0 Å². The lowest BCUT2D eigenvalue weighted by Crippen LogP contribution is -2.19. The molecule has 0 saturated carbocycles. The van der Waals surface area contributed by atoms with Gasteiger partial charge in [0.05, 0.1) is 24.4 Å². The third kappa shape index (κ3) is 6.07. The number of rotatable bonds is 10. The van der Waals surface area contributed by atoms with E-state index >= 15 is 0 Å². The molecule has 0 unspecified atom stereocenters. The maximum absolute atomic E-state index is 12.3. The number of benzene rings is 2. The minimum atomic E-state index is -4.41. The Morgan fingerprint density at radius 2 is 1.72 bits per heavy atom. The number of nitrogens with one attached hydrogen (secondary N) is 1. The van der Waals surface area contributed by atoms with Crippen molar-refractivity contribution in [3.05, 3.63) is 72.1 Å². The number of carbonyl (C=O) groups is 1. The third-order valence-corrected chi connectivity index (χ3v) is 5.26. The van der Waals surface area contributed by atoms with Crippen molar-refractivity contribution < 1.29 is 37.3 Å². The quantitative estimate of drug-likeness (QED) is 0.282. The Kier molecular flexibility index (Phi) is 7.33. The van der Waals surface area contributed by atoms with Crippen molar-refractivity contribution in [3.8, 4) is 28.5 Å². The molecule has 0 aliphatic rings. The van der Waals surface area contributed by atoms with Gasteiger partial charge in [-0.15, -0.1) is 0 Å². The molecule has 4 rings (SSSR count). The highest BCUT2D eigenvalue weighted by molar-refractivity contribution is 6.00. The maximum atomic E-state index is 12.3. The highest BCUT2D eigenvalue weighted by Gasteiger charge is 2.28. The van der Waals surface area contributed by atoms with Gasteiger partial charge >= 0.3 is 12.1 Å². The largest absolute Gasteiger partial charge is 0.494 e. The molecule has 0 saturated heterocycles. The first-order valence-corrected chi connectivity index (χ1v) is 11.1. The number of hydrogen-bond donors (Lipinski definition) is 2. The number of aromatic amines is 1. The van der Waals surface area contributed by atoms with Crippen LogP contribution in [0.25, 0.3) is 22.2 Å². The summed E-state index contributed by atoms with van der Waals surface area (Å²) in [6.45, 7) is 1.28. The van der Waals surface area contributed by atoms with Crippen LogP contribution in [0, 0.1) is 0 Å². The lowest BCUT2D eigenvalue weighted by atomic mass is 10.0. The average Bonchev–Trinajstić information content (AvgIpc) is 3.30. The fourth-order valence-electron chi connectivity index (χ4n) is 3.68. The minimum Gasteiger partial charge on any atom is -0.494 e. The molecule has 188 valence electrons. The van der Waals surface area contributed by atoms with Gasteiger partial charge in [0.2, 0.25) is 0 Å². The van der Waals surface area contributed by atoms with Gasteiger partial charge in [-0.05, 0) is 55.0 Å². The second-order valence-corrected chi connectivity index (χ2v) is 7.84. The first kappa shape index (κ1) is 24.9. The van der Waals surface area contributed by atoms with Crippen LogP contribution in [0.3, 0.4) is 0 Å². The first-order chi connectivity index (χ1) is 17.2. The molecule has 0 radical (unpaired) electrons. The zero-order chi connectivity index (χ0) is 25.7. The number of H-pyrrole nitrogens is 1. The van der Waals surface area contributed by atoms with Gasteiger partial charge in [0.15, 0.2) is 6.61 Å². The summed E-state index contributed by atoms with van der Waals surface area (Å²) in [5.41, 5.74) is 2.84. The van der Waals surface area contributed by atoms with Gasteiger partial charge in [0, 0.05) is 23.6 Å².